The summed E-state index contributed by atoms with van der Waals surface area (Å²) in [6, 6.07) is 4.98. The Morgan fingerprint density at radius 3 is 2.89 bits per heavy atom. The molecule has 0 bridgehead atoms. The molecule has 18 heavy (non-hydrogen) atoms. The van der Waals surface area contributed by atoms with Crippen molar-refractivity contribution in [2.75, 3.05) is 0 Å². The Hall–Kier alpha value is -1.35. The Kier molecular flexibility index (Phi) is 4.02. The van der Waals surface area contributed by atoms with Gasteiger partial charge < -0.3 is 5.73 Å². The quantitative estimate of drug-likeness (QED) is 0.832. The molecule has 2 aromatic rings. The number of rotatable bonds is 5. The van der Waals surface area contributed by atoms with Gasteiger partial charge in [-0.1, -0.05) is 0 Å². The second-order valence-electron chi connectivity index (χ2n) is 3.49. The van der Waals surface area contributed by atoms with Crippen molar-refractivity contribution in [1.82, 2.24) is 14.9 Å². The third kappa shape index (κ3) is 3.10. The van der Waals surface area contributed by atoms with Crippen molar-refractivity contribution in [2.24, 2.45) is 5.73 Å². The van der Waals surface area contributed by atoms with E-state index in [1.165, 1.54) is 17.5 Å². The first-order valence-corrected chi connectivity index (χ1v) is 7.52. The van der Waals surface area contributed by atoms with Gasteiger partial charge in [-0.3, -0.25) is 0 Å². The fourth-order valence-corrected chi connectivity index (χ4v) is 3.44. The van der Waals surface area contributed by atoms with Crippen LogP contribution in [0.15, 0.2) is 34.7 Å². The fourth-order valence-electron chi connectivity index (χ4n) is 1.29. The fraction of sp³-hybridized carbons (Fsp3) is 0.200. The average Bonchev–Trinajstić information content (AvgIpc) is 2.87. The van der Waals surface area contributed by atoms with E-state index in [0.717, 1.165) is 4.88 Å². The molecule has 0 radical (unpaired) electrons. The highest BCUT2D eigenvalue weighted by Crippen LogP contribution is 2.18. The van der Waals surface area contributed by atoms with Gasteiger partial charge in [0.2, 0.25) is 10.0 Å². The van der Waals surface area contributed by atoms with Gasteiger partial charge >= 0.3 is 0 Å². The zero-order valence-corrected chi connectivity index (χ0v) is 11.0. The molecular weight excluding hydrogens is 272 g/mol. The summed E-state index contributed by atoms with van der Waals surface area (Å²) in [5.74, 6) is 0. The second-order valence-corrected chi connectivity index (χ2v) is 6.26. The molecule has 0 saturated heterocycles. The molecule has 0 spiro atoms. The van der Waals surface area contributed by atoms with Crippen molar-refractivity contribution in [2.45, 2.75) is 18.0 Å². The molecule has 96 valence electrons. The van der Waals surface area contributed by atoms with Gasteiger partial charge in [-0.15, -0.1) is 11.3 Å². The Balaban J connectivity index is 2.08. The highest BCUT2D eigenvalue weighted by Gasteiger charge is 2.15. The normalized spacial score (nSPS) is 11.6. The molecule has 0 aliphatic rings. The van der Waals surface area contributed by atoms with Gasteiger partial charge in [-0.25, -0.2) is 13.1 Å². The third-order valence-electron chi connectivity index (χ3n) is 2.21. The van der Waals surface area contributed by atoms with E-state index in [0.29, 0.717) is 12.2 Å². The van der Waals surface area contributed by atoms with Gasteiger partial charge in [0.1, 0.15) is 0 Å². The third-order valence-corrected chi connectivity index (χ3v) is 4.70. The van der Waals surface area contributed by atoms with Crippen LogP contribution in [0, 0.1) is 0 Å². The lowest BCUT2D eigenvalue weighted by Crippen LogP contribution is -2.23. The number of hydrogen-bond acceptors (Lipinski definition) is 6. The minimum Gasteiger partial charge on any atom is -0.326 e. The summed E-state index contributed by atoms with van der Waals surface area (Å²) < 4.78 is 26.3. The van der Waals surface area contributed by atoms with Gasteiger partial charge in [-0.05, 0) is 18.2 Å². The monoisotopic (exact) mass is 284 g/mol. The SMILES string of the molecule is NCc1cc(S(=O)(=O)NCc2cccnn2)cs1. The molecule has 0 aliphatic heterocycles. The predicted molar refractivity (Wildman–Crippen MR) is 68.3 cm³/mol. The Bertz CT molecular complexity index is 610. The summed E-state index contributed by atoms with van der Waals surface area (Å²) in [4.78, 5) is 1.06. The first-order valence-electron chi connectivity index (χ1n) is 5.15. The maximum Gasteiger partial charge on any atom is 0.241 e. The molecule has 0 aliphatic carbocycles. The van der Waals surface area contributed by atoms with E-state index in [1.54, 1.807) is 23.6 Å². The molecule has 0 amide bonds. The molecule has 2 aromatic heterocycles. The Labute approximate surface area is 109 Å². The molecule has 0 atom stereocenters. The van der Waals surface area contributed by atoms with Crippen LogP contribution < -0.4 is 10.5 Å². The van der Waals surface area contributed by atoms with Crippen LogP contribution in [0.3, 0.4) is 0 Å². The van der Waals surface area contributed by atoms with E-state index in [9.17, 15) is 8.42 Å². The number of hydrogen-bond donors (Lipinski definition) is 2. The van der Waals surface area contributed by atoms with Gasteiger partial charge in [0.25, 0.3) is 0 Å². The van der Waals surface area contributed by atoms with Crippen molar-refractivity contribution in [3.63, 3.8) is 0 Å². The Morgan fingerprint density at radius 2 is 2.28 bits per heavy atom. The second kappa shape index (κ2) is 5.53. The van der Waals surface area contributed by atoms with E-state index in [-0.39, 0.29) is 11.4 Å². The maximum absolute atomic E-state index is 11.9. The van der Waals surface area contributed by atoms with Crippen molar-refractivity contribution in [3.05, 3.63) is 40.3 Å². The largest absolute Gasteiger partial charge is 0.326 e. The zero-order valence-electron chi connectivity index (χ0n) is 9.41. The molecule has 8 heteroatoms. The van der Waals surface area contributed by atoms with Gasteiger partial charge in [-0.2, -0.15) is 10.2 Å². The predicted octanol–water partition coefficient (Wildman–Crippen LogP) is 0.475. The average molecular weight is 284 g/mol. The van der Waals surface area contributed by atoms with Crippen molar-refractivity contribution in [1.29, 1.82) is 0 Å². The van der Waals surface area contributed by atoms with Crippen LogP contribution in [0.1, 0.15) is 10.6 Å². The smallest absolute Gasteiger partial charge is 0.241 e. The minimum atomic E-state index is -3.51. The molecule has 0 aromatic carbocycles. The van der Waals surface area contributed by atoms with Crippen LogP contribution in [-0.4, -0.2) is 18.6 Å². The van der Waals surface area contributed by atoms with Crippen LogP contribution in [0.4, 0.5) is 0 Å². The first-order chi connectivity index (χ1) is 8.62. The number of aromatic nitrogens is 2. The summed E-state index contributed by atoms with van der Waals surface area (Å²) in [6.45, 7) is 0.453. The van der Waals surface area contributed by atoms with E-state index in [2.05, 4.69) is 14.9 Å². The molecule has 3 N–H and O–H groups in total. The molecule has 0 unspecified atom stereocenters. The van der Waals surface area contributed by atoms with E-state index < -0.39 is 10.0 Å². The van der Waals surface area contributed by atoms with Crippen LogP contribution in [0.25, 0.3) is 0 Å². The van der Waals surface area contributed by atoms with Crippen LogP contribution in [-0.2, 0) is 23.1 Å². The van der Waals surface area contributed by atoms with E-state index >= 15 is 0 Å². The number of sulfonamides is 1. The van der Waals surface area contributed by atoms with E-state index in [1.807, 2.05) is 0 Å². The molecule has 6 nitrogen and oxygen atoms in total. The van der Waals surface area contributed by atoms with Crippen molar-refractivity contribution < 1.29 is 8.42 Å². The number of nitrogens with zero attached hydrogens (tertiary/aromatic N) is 2. The molecule has 0 fully saturated rings. The van der Waals surface area contributed by atoms with Crippen LogP contribution in [0.5, 0.6) is 0 Å². The van der Waals surface area contributed by atoms with Crippen LogP contribution >= 0.6 is 11.3 Å². The lowest BCUT2D eigenvalue weighted by molar-refractivity contribution is 0.580. The topological polar surface area (TPSA) is 98.0 Å². The molecule has 2 rings (SSSR count). The maximum atomic E-state index is 11.9. The molecule has 0 saturated carbocycles. The minimum absolute atomic E-state index is 0.115. The Morgan fingerprint density at radius 1 is 1.44 bits per heavy atom. The highest BCUT2D eigenvalue weighted by molar-refractivity contribution is 7.89. The zero-order chi connectivity index (χ0) is 13.0. The number of thiophene rings is 1. The lowest BCUT2D eigenvalue weighted by atomic mass is 10.4. The summed E-state index contributed by atoms with van der Waals surface area (Å²) in [5.41, 5.74) is 6.01. The number of nitrogens with two attached hydrogens (primary N) is 1. The van der Waals surface area contributed by atoms with Gasteiger partial charge in [0, 0.05) is 23.0 Å². The van der Waals surface area contributed by atoms with Crippen molar-refractivity contribution in [3.8, 4) is 0 Å². The lowest BCUT2D eigenvalue weighted by Gasteiger charge is -2.03. The van der Waals surface area contributed by atoms with Gasteiger partial charge in [0.05, 0.1) is 17.1 Å². The van der Waals surface area contributed by atoms with Crippen molar-refractivity contribution >= 4 is 21.4 Å². The highest BCUT2D eigenvalue weighted by atomic mass is 32.2. The summed E-state index contributed by atoms with van der Waals surface area (Å²) in [6.07, 6.45) is 1.53. The molecule has 2 heterocycles. The van der Waals surface area contributed by atoms with Gasteiger partial charge in [0.15, 0.2) is 0 Å². The number of nitrogens with one attached hydrogen (secondary N) is 1. The van der Waals surface area contributed by atoms with E-state index in [4.69, 9.17) is 5.73 Å². The summed E-state index contributed by atoms with van der Waals surface area (Å²) in [5, 5.41) is 9.05. The summed E-state index contributed by atoms with van der Waals surface area (Å²) >= 11 is 1.33. The summed E-state index contributed by atoms with van der Waals surface area (Å²) in [7, 11) is -3.51. The van der Waals surface area contributed by atoms with Crippen LogP contribution in [0.2, 0.25) is 0 Å². The standard InChI is InChI=1S/C10H12N4O2S2/c11-5-9-4-10(7-17-9)18(15,16)13-6-8-2-1-3-12-14-8/h1-4,7,13H,5-6,11H2. The molecular formula is C10H12N4O2S2. The first kappa shape index (κ1) is 13.1.